The molecule has 0 unspecified atom stereocenters. The number of nitrogens with one attached hydrogen (secondary N) is 1. The van der Waals surface area contributed by atoms with E-state index in [0.717, 1.165) is 17.6 Å². The first-order valence-corrected chi connectivity index (χ1v) is 8.63. The number of rotatable bonds is 6. The molecule has 0 saturated carbocycles. The summed E-state index contributed by atoms with van der Waals surface area (Å²) in [6.07, 6.45) is -3.76. The number of nitrogens with zero attached hydrogens (tertiary/aromatic N) is 4. The van der Waals surface area contributed by atoms with Gasteiger partial charge in [0.25, 0.3) is 0 Å². The first kappa shape index (κ1) is 20.1. The van der Waals surface area contributed by atoms with Crippen LogP contribution in [-0.4, -0.2) is 53.7 Å². The maximum Gasteiger partial charge on any atom is 0.416 e. The van der Waals surface area contributed by atoms with Crippen LogP contribution in [0.15, 0.2) is 24.3 Å². The number of alkyl halides is 3. The molecule has 10 heteroatoms. The van der Waals surface area contributed by atoms with E-state index in [1.165, 1.54) is 41.5 Å². The summed E-state index contributed by atoms with van der Waals surface area (Å²) in [7, 11) is 5.31. The van der Waals surface area contributed by atoms with Crippen LogP contribution in [0.3, 0.4) is 0 Å². The van der Waals surface area contributed by atoms with Gasteiger partial charge in [0.1, 0.15) is 5.01 Å². The van der Waals surface area contributed by atoms with Crippen LogP contribution < -0.4 is 5.32 Å². The Kier molecular flexibility index (Phi) is 6.54. The Morgan fingerprint density at radius 3 is 2.54 bits per heavy atom. The second kappa shape index (κ2) is 8.45. The molecule has 0 saturated heterocycles. The molecule has 1 aromatic carbocycles. The topological polar surface area (TPSA) is 61.4 Å². The van der Waals surface area contributed by atoms with Gasteiger partial charge < -0.3 is 9.80 Å². The van der Waals surface area contributed by atoms with Crippen LogP contribution in [0, 0.1) is 0 Å². The standard InChI is InChI=1S/C16H20F3N5OS/c1-23(2)9-8-13-21-22-14(26-13)20-15(25)24(3)10-11-6-4-5-7-12(11)16(17,18)19/h4-7H,8-10H2,1-3H3,(H,20,22,25). The summed E-state index contributed by atoms with van der Waals surface area (Å²) in [4.78, 5) is 15.4. The second-order valence-corrected chi connectivity index (χ2v) is 7.06. The molecule has 0 aliphatic heterocycles. The van der Waals surface area contributed by atoms with Gasteiger partial charge in [-0.15, -0.1) is 10.2 Å². The number of likely N-dealkylation sites (N-methyl/N-ethyl adjacent to an activating group) is 1. The fraction of sp³-hybridized carbons (Fsp3) is 0.438. The maximum atomic E-state index is 13.0. The quantitative estimate of drug-likeness (QED) is 0.826. The van der Waals surface area contributed by atoms with Gasteiger partial charge in [0.15, 0.2) is 0 Å². The summed E-state index contributed by atoms with van der Waals surface area (Å²) in [5, 5.41) is 11.5. The molecule has 0 spiro atoms. The minimum atomic E-state index is -4.46. The van der Waals surface area contributed by atoms with Crippen molar-refractivity contribution >= 4 is 22.5 Å². The van der Waals surface area contributed by atoms with Gasteiger partial charge in [0.2, 0.25) is 5.13 Å². The zero-order valence-corrected chi connectivity index (χ0v) is 15.5. The number of carbonyl (C=O) groups excluding carboxylic acids is 1. The van der Waals surface area contributed by atoms with E-state index in [1.807, 2.05) is 19.0 Å². The Balaban J connectivity index is 1.99. The third-order valence-electron chi connectivity index (χ3n) is 3.53. The lowest BCUT2D eigenvalue weighted by Crippen LogP contribution is -2.31. The molecule has 2 amide bonds. The van der Waals surface area contributed by atoms with Crippen molar-refractivity contribution in [2.24, 2.45) is 0 Å². The van der Waals surface area contributed by atoms with E-state index < -0.39 is 17.8 Å². The summed E-state index contributed by atoms with van der Waals surface area (Å²) in [5.41, 5.74) is -0.719. The highest BCUT2D eigenvalue weighted by Gasteiger charge is 2.33. The molecule has 26 heavy (non-hydrogen) atoms. The zero-order chi connectivity index (χ0) is 19.3. The van der Waals surface area contributed by atoms with E-state index in [2.05, 4.69) is 15.5 Å². The van der Waals surface area contributed by atoms with Crippen LogP contribution >= 0.6 is 11.3 Å². The second-order valence-electron chi connectivity index (χ2n) is 6.00. The summed E-state index contributed by atoms with van der Waals surface area (Å²) >= 11 is 1.25. The minimum Gasteiger partial charge on any atom is -0.323 e. The van der Waals surface area contributed by atoms with Gasteiger partial charge in [-0.25, -0.2) is 4.79 Å². The van der Waals surface area contributed by atoms with Crippen LogP contribution in [0.5, 0.6) is 0 Å². The largest absolute Gasteiger partial charge is 0.416 e. The third-order valence-corrected chi connectivity index (χ3v) is 4.43. The van der Waals surface area contributed by atoms with Crippen LogP contribution in [0.4, 0.5) is 23.1 Å². The lowest BCUT2D eigenvalue weighted by molar-refractivity contribution is -0.138. The first-order chi connectivity index (χ1) is 12.2. The molecule has 142 valence electrons. The number of hydrogen-bond acceptors (Lipinski definition) is 5. The molecule has 1 aromatic heterocycles. The number of anilines is 1. The van der Waals surface area contributed by atoms with Crippen molar-refractivity contribution in [1.29, 1.82) is 0 Å². The molecule has 0 atom stereocenters. The Morgan fingerprint density at radius 2 is 1.88 bits per heavy atom. The van der Waals surface area contributed by atoms with Gasteiger partial charge in [-0.3, -0.25) is 5.32 Å². The fourth-order valence-corrected chi connectivity index (χ4v) is 2.89. The Bertz CT molecular complexity index is 747. The molecule has 2 rings (SSSR count). The van der Waals surface area contributed by atoms with E-state index in [1.54, 1.807) is 0 Å². The highest BCUT2D eigenvalue weighted by molar-refractivity contribution is 7.15. The third kappa shape index (κ3) is 5.67. The van der Waals surface area contributed by atoms with E-state index in [-0.39, 0.29) is 12.1 Å². The number of urea groups is 1. The Morgan fingerprint density at radius 1 is 1.19 bits per heavy atom. The van der Waals surface area contributed by atoms with Crippen molar-refractivity contribution in [3.05, 3.63) is 40.4 Å². The first-order valence-electron chi connectivity index (χ1n) is 7.81. The number of benzene rings is 1. The van der Waals surface area contributed by atoms with Gasteiger partial charge in [0.05, 0.1) is 5.56 Å². The average Bonchev–Trinajstić information content (AvgIpc) is 3.00. The summed E-state index contributed by atoms with van der Waals surface area (Å²) in [5.74, 6) is 0. The van der Waals surface area contributed by atoms with E-state index in [9.17, 15) is 18.0 Å². The maximum absolute atomic E-state index is 13.0. The molecule has 1 N–H and O–H groups in total. The van der Waals surface area contributed by atoms with Crippen molar-refractivity contribution < 1.29 is 18.0 Å². The summed E-state index contributed by atoms with van der Waals surface area (Å²) in [6, 6.07) is 4.65. The van der Waals surface area contributed by atoms with Crippen LogP contribution in [-0.2, 0) is 19.1 Å². The Hall–Kier alpha value is -2.20. The number of carbonyl (C=O) groups is 1. The normalized spacial score (nSPS) is 11.7. The number of aromatic nitrogens is 2. The minimum absolute atomic E-state index is 0.0292. The number of halogens is 3. The van der Waals surface area contributed by atoms with Crippen molar-refractivity contribution in [3.8, 4) is 0 Å². The molecular formula is C16H20F3N5OS. The lowest BCUT2D eigenvalue weighted by Gasteiger charge is -2.20. The van der Waals surface area contributed by atoms with Crippen molar-refractivity contribution in [1.82, 2.24) is 20.0 Å². The van der Waals surface area contributed by atoms with Crippen molar-refractivity contribution in [2.45, 2.75) is 19.1 Å². The molecule has 1 heterocycles. The number of amides is 2. The Labute approximate surface area is 153 Å². The van der Waals surface area contributed by atoms with Gasteiger partial charge in [0, 0.05) is 26.6 Å². The fourth-order valence-electron chi connectivity index (χ4n) is 2.17. The molecule has 0 bridgehead atoms. The smallest absolute Gasteiger partial charge is 0.323 e. The van der Waals surface area contributed by atoms with Gasteiger partial charge in [-0.2, -0.15) is 13.2 Å². The van der Waals surface area contributed by atoms with Gasteiger partial charge in [-0.05, 0) is 25.7 Å². The van der Waals surface area contributed by atoms with E-state index in [0.29, 0.717) is 11.6 Å². The molecule has 2 aromatic rings. The lowest BCUT2D eigenvalue weighted by atomic mass is 10.1. The monoisotopic (exact) mass is 387 g/mol. The van der Waals surface area contributed by atoms with E-state index >= 15 is 0 Å². The molecule has 0 fully saturated rings. The highest BCUT2D eigenvalue weighted by Crippen LogP contribution is 2.32. The van der Waals surface area contributed by atoms with Crippen LogP contribution in [0.1, 0.15) is 16.1 Å². The molecule has 6 nitrogen and oxygen atoms in total. The summed E-state index contributed by atoms with van der Waals surface area (Å²) in [6.45, 7) is 0.629. The van der Waals surface area contributed by atoms with Crippen molar-refractivity contribution in [3.63, 3.8) is 0 Å². The molecule has 0 radical (unpaired) electrons. The number of hydrogen-bond donors (Lipinski definition) is 1. The highest BCUT2D eigenvalue weighted by atomic mass is 32.1. The van der Waals surface area contributed by atoms with Gasteiger partial charge in [-0.1, -0.05) is 29.5 Å². The van der Waals surface area contributed by atoms with Crippen LogP contribution in [0.25, 0.3) is 0 Å². The SMILES string of the molecule is CN(C)CCc1nnc(NC(=O)N(C)Cc2ccccc2C(F)(F)F)s1. The van der Waals surface area contributed by atoms with Gasteiger partial charge >= 0.3 is 12.2 Å². The summed E-state index contributed by atoms with van der Waals surface area (Å²) < 4.78 is 39.1. The molecular weight excluding hydrogens is 367 g/mol. The average molecular weight is 387 g/mol. The van der Waals surface area contributed by atoms with E-state index in [4.69, 9.17) is 0 Å². The van der Waals surface area contributed by atoms with Crippen LogP contribution in [0.2, 0.25) is 0 Å². The predicted molar refractivity (Wildman–Crippen MR) is 94.1 cm³/mol. The predicted octanol–water partition coefficient (Wildman–Crippen LogP) is 3.32. The molecule has 0 aliphatic carbocycles. The zero-order valence-electron chi connectivity index (χ0n) is 14.7. The molecule has 0 aliphatic rings. The van der Waals surface area contributed by atoms with Crippen molar-refractivity contribution in [2.75, 3.05) is 33.0 Å².